The molecule has 0 spiro atoms. The van der Waals surface area contributed by atoms with Crippen molar-refractivity contribution in [3.8, 4) is 0 Å². The van der Waals surface area contributed by atoms with Crippen LogP contribution in [-0.2, 0) is 7.05 Å². The molecule has 0 radical (unpaired) electrons. The third kappa shape index (κ3) is 2.22. The van der Waals surface area contributed by atoms with Crippen molar-refractivity contribution >= 4 is 5.78 Å². The maximum atomic E-state index is 11.6. The van der Waals surface area contributed by atoms with Crippen LogP contribution < -0.4 is 0 Å². The SMILES string of the molecule is Cc1c(C(=O)/C=C/N(C)C)ncn1C. The Hall–Kier alpha value is -1.58. The van der Waals surface area contributed by atoms with Crippen LogP contribution >= 0.6 is 0 Å². The minimum absolute atomic E-state index is 0.0585. The van der Waals surface area contributed by atoms with E-state index in [4.69, 9.17) is 0 Å². The van der Waals surface area contributed by atoms with E-state index in [-0.39, 0.29) is 5.78 Å². The molecule has 0 aliphatic rings. The van der Waals surface area contributed by atoms with E-state index >= 15 is 0 Å². The first-order chi connectivity index (χ1) is 6.52. The Morgan fingerprint density at radius 2 is 2.21 bits per heavy atom. The van der Waals surface area contributed by atoms with Crippen LogP contribution in [0.25, 0.3) is 0 Å². The quantitative estimate of drug-likeness (QED) is 0.530. The predicted octanol–water partition coefficient (Wildman–Crippen LogP) is 0.987. The van der Waals surface area contributed by atoms with E-state index in [1.807, 2.05) is 37.5 Å². The molecule has 1 aromatic rings. The normalized spacial score (nSPS) is 10.9. The summed E-state index contributed by atoms with van der Waals surface area (Å²) in [5.74, 6) is -0.0585. The van der Waals surface area contributed by atoms with E-state index in [0.29, 0.717) is 5.69 Å². The zero-order valence-corrected chi connectivity index (χ0v) is 8.98. The molecule has 1 aromatic heterocycles. The highest BCUT2D eigenvalue weighted by Crippen LogP contribution is 2.05. The molecule has 0 fully saturated rings. The van der Waals surface area contributed by atoms with Crippen LogP contribution in [0.4, 0.5) is 0 Å². The highest BCUT2D eigenvalue weighted by Gasteiger charge is 2.09. The molecule has 0 bridgehead atoms. The van der Waals surface area contributed by atoms with Crippen LogP contribution in [0.15, 0.2) is 18.6 Å². The van der Waals surface area contributed by atoms with Gasteiger partial charge in [-0.25, -0.2) is 4.98 Å². The summed E-state index contributed by atoms with van der Waals surface area (Å²) < 4.78 is 1.83. The fourth-order valence-electron chi connectivity index (χ4n) is 1.03. The second-order valence-electron chi connectivity index (χ2n) is 3.43. The van der Waals surface area contributed by atoms with Crippen LogP contribution in [0, 0.1) is 6.92 Å². The van der Waals surface area contributed by atoms with Crippen LogP contribution in [0.1, 0.15) is 16.2 Å². The minimum atomic E-state index is -0.0585. The molecule has 4 nitrogen and oxygen atoms in total. The molecule has 0 saturated carbocycles. The van der Waals surface area contributed by atoms with E-state index in [1.54, 1.807) is 12.5 Å². The molecule has 1 rings (SSSR count). The molecule has 0 N–H and O–H groups in total. The van der Waals surface area contributed by atoms with E-state index in [1.165, 1.54) is 6.08 Å². The van der Waals surface area contributed by atoms with E-state index in [2.05, 4.69) is 4.98 Å². The molecular formula is C10H15N3O. The Bertz CT molecular complexity index is 363. The molecular weight excluding hydrogens is 178 g/mol. The molecule has 14 heavy (non-hydrogen) atoms. The van der Waals surface area contributed by atoms with Gasteiger partial charge < -0.3 is 9.47 Å². The summed E-state index contributed by atoms with van der Waals surface area (Å²) in [5.41, 5.74) is 1.41. The number of hydrogen-bond donors (Lipinski definition) is 0. The van der Waals surface area contributed by atoms with Crippen molar-refractivity contribution in [1.29, 1.82) is 0 Å². The first kappa shape index (κ1) is 10.5. The number of carbonyl (C=O) groups is 1. The maximum Gasteiger partial charge on any atom is 0.207 e. The van der Waals surface area contributed by atoms with Gasteiger partial charge in [-0.1, -0.05) is 0 Å². The summed E-state index contributed by atoms with van der Waals surface area (Å²) in [7, 11) is 5.61. The number of hydrogen-bond acceptors (Lipinski definition) is 3. The van der Waals surface area contributed by atoms with Crippen LogP contribution in [0.2, 0.25) is 0 Å². The molecule has 4 heteroatoms. The van der Waals surface area contributed by atoms with Crippen molar-refractivity contribution < 1.29 is 4.79 Å². The first-order valence-corrected chi connectivity index (χ1v) is 4.39. The summed E-state index contributed by atoms with van der Waals surface area (Å²) >= 11 is 0. The van der Waals surface area contributed by atoms with Crippen molar-refractivity contribution in [1.82, 2.24) is 14.5 Å². The van der Waals surface area contributed by atoms with Crippen LogP contribution in [0.3, 0.4) is 0 Å². The zero-order chi connectivity index (χ0) is 10.7. The van der Waals surface area contributed by atoms with Gasteiger partial charge in [-0.3, -0.25) is 4.79 Å². The van der Waals surface area contributed by atoms with Gasteiger partial charge in [0, 0.05) is 39.1 Å². The number of aromatic nitrogens is 2. The predicted molar refractivity (Wildman–Crippen MR) is 55.1 cm³/mol. The largest absolute Gasteiger partial charge is 0.383 e. The molecule has 1 heterocycles. The van der Waals surface area contributed by atoms with Crippen molar-refractivity contribution in [2.75, 3.05) is 14.1 Å². The Morgan fingerprint density at radius 3 is 2.64 bits per heavy atom. The van der Waals surface area contributed by atoms with Crippen LogP contribution in [-0.4, -0.2) is 34.3 Å². The van der Waals surface area contributed by atoms with Gasteiger partial charge in [0.1, 0.15) is 5.69 Å². The molecule has 0 aromatic carbocycles. The molecule has 0 aliphatic heterocycles. The molecule has 0 aliphatic carbocycles. The van der Waals surface area contributed by atoms with E-state index in [9.17, 15) is 4.79 Å². The summed E-state index contributed by atoms with van der Waals surface area (Å²) in [6.07, 6.45) is 4.89. The Labute approximate surface area is 83.9 Å². The van der Waals surface area contributed by atoms with Crippen molar-refractivity contribution in [3.05, 3.63) is 30.0 Å². The first-order valence-electron chi connectivity index (χ1n) is 4.39. The van der Waals surface area contributed by atoms with Gasteiger partial charge in [0.25, 0.3) is 0 Å². The summed E-state index contributed by atoms with van der Waals surface area (Å²) in [6, 6.07) is 0. The van der Waals surface area contributed by atoms with E-state index < -0.39 is 0 Å². The molecule has 76 valence electrons. The lowest BCUT2D eigenvalue weighted by atomic mass is 10.2. The highest BCUT2D eigenvalue weighted by atomic mass is 16.1. The van der Waals surface area contributed by atoms with Gasteiger partial charge >= 0.3 is 0 Å². The second kappa shape index (κ2) is 4.09. The minimum Gasteiger partial charge on any atom is -0.383 e. The highest BCUT2D eigenvalue weighted by molar-refractivity contribution is 6.03. The van der Waals surface area contributed by atoms with Gasteiger partial charge in [0.2, 0.25) is 5.78 Å². The lowest BCUT2D eigenvalue weighted by Gasteiger charge is -2.02. The zero-order valence-electron chi connectivity index (χ0n) is 8.98. The lowest BCUT2D eigenvalue weighted by molar-refractivity contribution is 0.104. The third-order valence-corrected chi connectivity index (χ3v) is 1.99. The Morgan fingerprint density at radius 1 is 1.57 bits per heavy atom. The fraction of sp³-hybridized carbons (Fsp3) is 0.400. The number of nitrogens with zero attached hydrogens (tertiary/aromatic N) is 3. The van der Waals surface area contributed by atoms with Crippen molar-refractivity contribution in [2.24, 2.45) is 7.05 Å². The molecule has 0 unspecified atom stereocenters. The lowest BCUT2D eigenvalue weighted by Crippen LogP contribution is -2.04. The van der Waals surface area contributed by atoms with Gasteiger partial charge in [0.15, 0.2) is 0 Å². The number of imidazole rings is 1. The second-order valence-corrected chi connectivity index (χ2v) is 3.43. The molecule has 0 amide bonds. The van der Waals surface area contributed by atoms with Gasteiger partial charge in [-0.2, -0.15) is 0 Å². The summed E-state index contributed by atoms with van der Waals surface area (Å²) in [6.45, 7) is 1.88. The number of allylic oxidation sites excluding steroid dienone is 1. The Balaban J connectivity index is 2.85. The van der Waals surface area contributed by atoms with Gasteiger partial charge in [-0.05, 0) is 6.92 Å². The molecule has 0 saturated heterocycles. The van der Waals surface area contributed by atoms with Gasteiger partial charge in [-0.15, -0.1) is 0 Å². The number of aryl methyl sites for hydroxylation is 1. The summed E-state index contributed by atoms with van der Waals surface area (Å²) in [5, 5.41) is 0. The average Bonchev–Trinajstić information content (AvgIpc) is 2.44. The molecule has 0 atom stereocenters. The average molecular weight is 193 g/mol. The third-order valence-electron chi connectivity index (χ3n) is 1.99. The Kier molecular flexibility index (Phi) is 3.06. The van der Waals surface area contributed by atoms with E-state index in [0.717, 1.165) is 5.69 Å². The topological polar surface area (TPSA) is 38.1 Å². The number of ketones is 1. The number of carbonyl (C=O) groups excluding carboxylic acids is 1. The summed E-state index contributed by atoms with van der Waals surface area (Å²) in [4.78, 5) is 17.4. The van der Waals surface area contributed by atoms with Crippen LogP contribution in [0.5, 0.6) is 0 Å². The maximum absolute atomic E-state index is 11.6. The fourth-order valence-corrected chi connectivity index (χ4v) is 1.03. The van der Waals surface area contributed by atoms with Gasteiger partial charge in [0.05, 0.1) is 6.33 Å². The van der Waals surface area contributed by atoms with Crippen molar-refractivity contribution in [2.45, 2.75) is 6.92 Å². The smallest absolute Gasteiger partial charge is 0.207 e. The number of rotatable bonds is 3. The standard InChI is InChI=1S/C10H15N3O/c1-8-10(11-7-13(8)4)9(14)5-6-12(2)3/h5-7H,1-4H3/b6-5+. The van der Waals surface area contributed by atoms with Crippen molar-refractivity contribution in [3.63, 3.8) is 0 Å². The monoisotopic (exact) mass is 193 g/mol.